The Labute approximate surface area is 90.8 Å². The Bertz CT molecular complexity index is 221. The van der Waals surface area contributed by atoms with E-state index in [-0.39, 0.29) is 5.41 Å². The molecule has 0 aromatic carbocycles. The zero-order valence-electron chi connectivity index (χ0n) is 9.72. The third-order valence-corrected chi connectivity index (χ3v) is 1.80. The molecular formula is C10H21N3O2. The van der Waals surface area contributed by atoms with E-state index in [1.54, 1.807) is 0 Å². The van der Waals surface area contributed by atoms with Crippen molar-refractivity contribution in [2.45, 2.75) is 27.2 Å². The number of carbonyl (C=O) groups excluding carboxylic acids is 2. The summed E-state index contributed by atoms with van der Waals surface area (Å²) in [6, 6.07) is 0. The second-order valence-corrected chi connectivity index (χ2v) is 4.61. The van der Waals surface area contributed by atoms with Crippen LogP contribution in [-0.2, 0) is 9.59 Å². The van der Waals surface area contributed by atoms with Crippen LogP contribution < -0.4 is 16.4 Å². The minimum absolute atomic E-state index is 0.154. The molecule has 5 nitrogen and oxygen atoms in total. The van der Waals surface area contributed by atoms with Crippen LogP contribution in [0, 0.1) is 5.41 Å². The first kappa shape index (κ1) is 13.9. The van der Waals surface area contributed by atoms with Crippen LogP contribution in [0.5, 0.6) is 0 Å². The van der Waals surface area contributed by atoms with Crippen LogP contribution in [0.3, 0.4) is 0 Å². The third kappa shape index (κ3) is 7.93. The lowest BCUT2D eigenvalue weighted by Crippen LogP contribution is -2.42. The Morgan fingerprint density at radius 1 is 1.07 bits per heavy atom. The first-order valence-electron chi connectivity index (χ1n) is 5.13. The highest BCUT2D eigenvalue weighted by molar-refractivity contribution is 6.35. The lowest BCUT2D eigenvalue weighted by molar-refractivity contribution is -0.139. The van der Waals surface area contributed by atoms with Gasteiger partial charge in [-0.3, -0.25) is 9.59 Å². The second kappa shape index (κ2) is 6.40. The van der Waals surface area contributed by atoms with Crippen LogP contribution in [0.1, 0.15) is 27.2 Å². The SMILES string of the molecule is CC(C)(C)CCNC(=O)C(=O)NCCN. The van der Waals surface area contributed by atoms with Gasteiger partial charge in [0, 0.05) is 19.6 Å². The number of carbonyl (C=O) groups is 2. The largest absolute Gasteiger partial charge is 0.348 e. The number of rotatable bonds is 4. The van der Waals surface area contributed by atoms with E-state index in [4.69, 9.17) is 5.73 Å². The quantitative estimate of drug-likeness (QED) is 0.559. The van der Waals surface area contributed by atoms with Crippen molar-refractivity contribution in [1.82, 2.24) is 10.6 Å². The van der Waals surface area contributed by atoms with Crippen LogP contribution in [0.15, 0.2) is 0 Å². The molecule has 0 spiro atoms. The summed E-state index contributed by atoms with van der Waals surface area (Å²) in [7, 11) is 0. The van der Waals surface area contributed by atoms with Gasteiger partial charge in [0.25, 0.3) is 0 Å². The van der Waals surface area contributed by atoms with Crippen LogP contribution in [0.2, 0.25) is 0 Å². The second-order valence-electron chi connectivity index (χ2n) is 4.61. The van der Waals surface area contributed by atoms with E-state index in [0.717, 1.165) is 6.42 Å². The van der Waals surface area contributed by atoms with Crippen LogP contribution in [0.4, 0.5) is 0 Å². The van der Waals surface area contributed by atoms with Gasteiger partial charge in [-0.05, 0) is 11.8 Å². The Kier molecular flexibility index (Phi) is 5.93. The van der Waals surface area contributed by atoms with E-state index >= 15 is 0 Å². The zero-order valence-corrected chi connectivity index (χ0v) is 9.72. The van der Waals surface area contributed by atoms with Gasteiger partial charge in [0.1, 0.15) is 0 Å². The molecule has 0 atom stereocenters. The summed E-state index contributed by atoms with van der Waals surface area (Å²) >= 11 is 0. The molecule has 0 radical (unpaired) electrons. The van der Waals surface area contributed by atoms with Crippen molar-refractivity contribution >= 4 is 11.8 Å². The van der Waals surface area contributed by atoms with Crippen molar-refractivity contribution in [3.05, 3.63) is 0 Å². The molecule has 0 aliphatic rings. The average Bonchev–Trinajstić information content (AvgIpc) is 2.11. The standard InChI is InChI=1S/C10H21N3O2/c1-10(2,3)4-6-12-8(14)9(15)13-7-5-11/h4-7,11H2,1-3H3,(H,12,14)(H,13,15). The van der Waals surface area contributed by atoms with Gasteiger partial charge in [-0.25, -0.2) is 0 Å². The highest BCUT2D eigenvalue weighted by Crippen LogP contribution is 2.16. The van der Waals surface area contributed by atoms with Gasteiger partial charge in [0.05, 0.1) is 0 Å². The molecule has 0 rings (SSSR count). The van der Waals surface area contributed by atoms with Crippen molar-refractivity contribution in [3.8, 4) is 0 Å². The van der Waals surface area contributed by atoms with Crippen molar-refractivity contribution < 1.29 is 9.59 Å². The molecule has 88 valence electrons. The van der Waals surface area contributed by atoms with Crippen molar-refractivity contribution in [2.75, 3.05) is 19.6 Å². The summed E-state index contributed by atoms with van der Waals surface area (Å²) in [5.41, 5.74) is 5.34. The van der Waals surface area contributed by atoms with Crippen LogP contribution >= 0.6 is 0 Å². The first-order valence-corrected chi connectivity index (χ1v) is 5.13. The van der Waals surface area contributed by atoms with Gasteiger partial charge in [0.2, 0.25) is 0 Å². The van der Waals surface area contributed by atoms with E-state index < -0.39 is 11.8 Å². The molecule has 0 unspecified atom stereocenters. The number of nitrogens with one attached hydrogen (secondary N) is 2. The van der Waals surface area contributed by atoms with E-state index in [1.807, 2.05) is 0 Å². The molecule has 0 aliphatic carbocycles. The molecule has 0 aromatic rings. The van der Waals surface area contributed by atoms with E-state index in [2.05, 4.69) is 31.4 Å². The summed E-state index contributed by atoms with van der Waals surface area (Å²) in [6.07, 6.45) is 0.836. The Morgan fingerprint density at radius 3 is 1.93 bits per heavy atom. The molecular weight excluding hydrogens is 194 g/mol. The molecule has 0 aromatic heterocycles. The predicted molar refractivity (Wildman–Crippen MR) is 59.1 cm³/mol. The molecule has 2 amide bonds. The minimum Gasteiger partial charge on any atom is -0.348 e. The minimum atomic E-state index is -0.616. The van der Waals surface area contributed by atoms with Crippen molar-refractivity contribution in [3.63, 3.8) is 0 Å². The Balaban J connectivity index is 3.70. The fourth-order valence-corrected chi connectivity index (χ4v) is 0.897. The molecule has 15 heavy (non-hydrogen) atoms. The first-order chi connectivity index (χ1) is 6.87. The molecule has 5 heteroatoms. The highest BCUT2D eigenvalue weighted by Gasteiger charge is 2.14. The van der Waals surface area contributed by atoms with E-state index in [0.29, 0.717) is 19.6 Å². The third-order valence-electron chi connectivity index (χ3n) is 1.80. The fourth-order valence-electron chi connectivity index (χ4n) is 0.897. The Hall–Kier alpha value is -1.10. The van der Waals surface area contributed by atoms with E-state index in [1.165, 1.54) is 0 Å². The number of amides is 2. The molecule has 0 heterocycles. The maximum absolute atomic E-state index is 11.2. The van der Waals surface area contributed by atoms with E-state index in [9.17, 15) is 9.59 Å². The zero-order chi connectivity index (χ0) is 11.9. The lowest BCUT2D eigenvalue weighted by Gasteiger charge is -2.17. The summed E-state index contributed by atoms with van der Waals surface area (Å²) in [4.78, 5) is 22.2. The maximum atomic E-state index is 11.2. The smallest absolute Gasteiger partial charge is 0.309 e. The highest BCUT2D eigenvalue weighted by atomic mass is 16.2. The summed E-state index contributed by atoms with van der Waals surface area (Å²) in [5, 5.41) is 4.96. The molecule has 0 bridgehead atoms. The molecule has 0 saturated heterocycles. The number of nitrogens with two attached hydrogens (primary N) is 1. The van der Waals surface area contributed by atoms with Crippen molar-refractivity contribution in [1.29, 1.82) is 0 Å². The topological polar surface area (TPSA) is 84.2 Å². The van der Waals surface area contributed by atoms with Gasteiger partial charge in [-0.15, -0.1) is 0 Å². The monoisotopic (exact) mass is 215 g/mol. The maximum Gasteiger partial charge on any atom is 0.309 e. The summed E-state index contributed by atoms with van der Waals surface area (Å²) in [6.45, 7) is 7.40. The number of hydrogen-bond acceptors (Lipinski definition) is 3. The predicted octanol–water partition coefficient (Wildman–Crippen LogP) is -0.386. The van der Waals surface area contributed by atoms with Gasteiger partial charge in [-0.2, -0.15) is 0 Å². The van der Waals surface area contributed by atoms with Gasteiger partial charge in [0.15, 0.2) is 0 Å². The van der Waals surface area contributed by atoms with Crippen LogP contribution in [-0.4, -0.2) is 31.4 Å². The fraction of sp³-hybridized carbons (Fsp3) is 0.800. The average molecular weight is 215 g/mol. The number of hydrogen-bond donors (Lipinski definition) is 3. The summed E-state index contributed by atoms with van der Waals surface area (Å²) < 4.78 is 0. The van der Waals surface area contributed by atoms with Crippen LogP contribution in [0.25, 0.3) is 0 Å². The molecule has 0 fully saturated rings. The molecule has 0 aliphatic heterocycles. The molecule has 0 saturated carbocycles. The Morgan fingerprint density at radius 2 is 1.53 bits per heavy atom. The van der Waals surface area contributed by atoms with Gasteiger partial charge in [-0.1, -0.05) is 20.8 Å². The summed E-state index contributed by atoms with van der Waals surface area (Å²) in [5.74, 6) is -1.21. The van der Waals surface area contributed by atoms with Crippen molar-refractivity contribution in [2.24, 2.45) is 11.1 Å². The normalized spacial score (nSPS) is 10.9. The van der Waals surface area contributed by atoms with Gasteiger partial charge < -0.3 is 16.4 Å². The molecule has 4 N–H and O–H groups in total. The lowest BCUT2D eigenvalue weighted by atomic mass is 9.92. The van der Waals surface area contributed by atoms with Gasteiger partial charge >= 0.3 is 11.8 Å².